The van der Waals surface area contributed by atoms with Crippen LogP contribution in [0.3, 0.4) is 0 Å². The summed E-state index contributed by atoms with van der Waals surface area (Å²) in [6, 6.07) is 3.74. The average molecular weight is 223 g/mol. The lowest BCUT2D eigenvalue weighted by molar-refractivity contribution is 0.141. The van der Waals surface area contributed by atoms with Crippen LogP contribution in [0, 0.1) is 11.3 Å². The van der Waals surface area contributed by atoms with Crippen LogP contribution in [0.2, 0.25) is 0 Å². The Balaban J connectivity index is 2.87. The zero-order chi connectivity index (χ0) is 12.0. The Morgan fingerprint density at radius 1 is 1.50 bits per heavy atom. The monoisotopic (exact) mass is 223 g/mol. The highest BCUT2D eigenvalue weighted by molar-refractivity contribution is 5.55. The number of anilines is 1. The fourth-order valence-corrected chi connectivity index (χ4v) is 1.47. The maximum absolute atomic E-state index is 8.95. The minimum absolute atomic E-state index is 0.430. The van der Waals surface area contributed by atoms with E-state index in [0.29, 0.717) is 30.5 Å². The highest BCUT2D eigenvalue weighted by Gasteiger charge is 2.13. The summed E-state index contributed by atoms with van der Waals surface area (Å²) in [6.45, 7) is 3.69. The standard InChI is InChI=1S/C11H17N3O2/c1-3-4-14-9(8-12)7-10(13)11(14)16-6-5-15-2/h7H,3-6,13H2,1-2H3. The van der Waals surface area contributed by atoms with Gasteiger partial charge in [-0.15, -0.1) is 0 Å². The number of methoxy groups -OCH3 is 1. The number of rotatable bonds is 6. The van der Waals surface area contributed by atoms with Crippen molar-refractivity contribution in [2.45, 2.75) is 19.9 Å². The average Bonchev–Trinajstić information content (AvgIpc) is 2.57. The van der Waals surface area contributed by atoms with Crippen LogP contribution in [0.4, 0.5) is 5.69 Å². The Morgan fingerprint density at radius 3 is 2.81 bits per heavy atom. The maximum Gasteiger partial charge on any atom is 0.218 e. The molecule has 0 aromatic carbocycles. The van der Waals surface area contributed by atoms with Gasteiger partial charge in [-0.25, -0.2) is 0 Å². The van der Waals surface area contributed by atoms with E-state index >= 15 is 0 Å². The molecule has 2 N–H and O–H groups in total. The number of hydrogen-bond acceptors (Lipinski definition) is 4. The van der Waals surface area contributed by atoms with Gasteiger partial charge in [0.15, 0.2) is 0 Å². The number of ether oxygens (including phenoxy) is 2. The molecule has 0 aliphatic heterocycles. The topological polar surface area (TPSA) is 73.2 Å². The van der Waals surface area contributed by atoms with Gasteiger partial charge in [-0.1, -0.05) is 6.92 Å². The van der Waals surface area contributed by atoms with Crippen molar-refractivity contribution in [2.75, 3.05) is 26.1 Å². The van der Waals surface area contributed by atoms with Crippen molar-refractivity contribution in [3.8, 4) is 11.9 Å². The number of nitrogens with zero attached hydrogens (tertiary/aromatic N) is 2. The van der Waals surface area contributed by atoms with E-state index in [0.717, 1.165) is 13.0 Å². The maximum atomic E-state index is 8.95. The van der Waals surface area contributed by atoms with Crippen molar-refractivity contribution >= 4 is 5.69 Å². The molecule has 0 atom stereocenters. The van der Waals surface area contributed by atoms with Gasteiger partial charge in [0.1, 0.15) is 18.4 Å². The molecule has 1 rings (SSSR count). The third-order valence-electron chi connectivity index (χ3n) is 2.16. The Morgan fingerprint density at radius 2 is 2.25 bits per heavy atom. The van der Waals surface area contributed by atoms with Gasteiger partial charge in [-0.2, -0.15) is 5.26 Å². The first kappa shape index (κ1) is 12.4. The van der Waals surface area contributed by atoms with Gasteiger partial charge in [0.25, 0.3) is 0 Å². The molecule has 0 aliphatic rings. The van der Waals surface area contributed by atoms with E-state index in [1.807, 2.05) is 6.92 Å². The predicted molar refractivity (Wildman–Crippen MR) is 61.2 cm³/mol. The molecule has 1 aromatic heterocycles. The van der Waals surface area contributed by atoms with Crippen LogP contribution in [0.15, 0.2) is 6.07 Å². The predicted octanol–water partition coefficient (Wildman–Crippen LogP) is 1.38. The zero-order valence-corrected chi connectivity index (χ0v) is 9.69. The van der Waals surface area contributed by atoms with E-state index in [1.165, 1.54) is 0 Å². The van der Waals surface area contributed by atoms with Crippen LogP contribution < -0.4 is 10.5 Å². The van der Waals surface area contributed by atoms with Crippen molar-refractivity contribution < 1.29 is 9.47 Å². The first-order valence-corrected chi connectivity index (χ1v) is 5.25. The first-order valence-electron chi connectivity index (χ1n) is 5.25. The number of aromatic nitrogens is 1. The summed E-state index contributed by atoms with van der Waals surface area (Å²) in [5.74, 6) is 0.565. The summed E-state index contributed by atoms with van der Waals surface area (Å²) in [7, 11) is 1.61. The summed E-state index contributed by atoms with van der Waals surface area (Å²) in [5.41, 5.74) is 6.83. The summed E-state index contributed by atoms with van der Waals surface area (Å²) < 4.78 is 12.2. The van der Waals surface area contributed by atoms with E-state index in [-0.39, 0.29) is 0 Å². The largest absolute Gasteiger partial charge is 0.475 e. The summed E-state index contributed by atoms with van der Waals surface area (Å²) in [5, 5.41) is 8.95. The lowest BCUT2D eigenvalue weighted by Crippen LogP contribution is -2.10. The third-order valence-corrected chi connectivity index (χ3v) is 2.16. The van der Waals surface area contributed by atoms with Gasteiger partial charge in [0.05, 0.1) is 12.3 Å². The lowest BCUT2D eigenvalue weighted by atomic mass is 10.4. The van der Waals surface area contributed by atoms with Crippen LogP contribution in [-0.4, -0.2) is 24.9 Å². The van der Waals surface area contributed by atoms with E-state index in [2.05, 4.69) is 6.07 Å². The van der Waals surface area contributed by atoms with Crippen molar-refractivity contribution in [1.29, 1.82) is 5.26 Å². The SMILES string of the molecule is CCCn1c(C#N)cc(N)c1OCCOC. The Hall–Kier alpha value is -1.67. The molecule has 0 saturated heterocycles. The second-order valence-corrected chi connectivity index (χ2v) is 3.39. The van der Waals surface area contributed by atoms with Crippen LogP contribution in [0.1, 0.15) is 19.0 Å². The minimum Gasteiger partial charge on any atom is -0.475 e. The molecule has 16 heavy (non-hydrogen) atoms. The van der Waals surface area contributed by atoms with Crippen LogP contribution >= 0.6 is 0 Å². The smallest absolute Gasteiger partial charge is 0.218 e. The van der Waals surface area contributed by atoms with Crippen LogP contribution in [0.25, 0.3) is 0 Å². The second kappa shape index (κ2) is 6.03. The molecule has 0 fully saturated rings. The molecule has 5 nitrogen and oxygen atoms in total. The van der Waals surface area contributed by atoms with E-state index in [4.69, 9.17) is 20.5 Å². The number of hydrogen-bond donors (Lipinski definition) is 1. The first-order chi connectivity index (χ1) is 7.74. The molecule has 1 aromatic rings. The fourth-order valence-electron chi connectivity index (χ4n) is 1.47. The molecular weight excluding hydrogens is 206 g/mol. The van der Waals surface area contributed by atoms with Crippen molar-refractivity contribution in [2.24, 2.45) is 0 Å². The normalized spacial score (nSPS) is 10.1. The molecule has 0 amide bonds. The van der Waals surface area contributed by atoms with Gasteiger partial charge >= 0.3 is 0 Å². The molecule has 1 heterocycles. The highest BCUT2D eigenvalue weighted by atomic mass is 16.5. The zero-order valence-electron chi connectivity index (χ0n) is 9.69. The highest BCUT2D eigenvalue weighted by Crippen LogP contribution is 2.26. The van der Waals surface area contributed by atoms with Gasteiger partial charge < -0.3 is 19.8 Å². The molecule has 0 radical (unpaired) electrons. The molecule has 88 valence electrons. The van der Waals surface area contributed by atoms with E-state index in [1.54, 1.807) is 17.7 Å². The summed E-state index contributed by atoms with van der Waals surface area (Å²) in [4.78, 5) is 0. The van der Waals surface area contributed by atoms with E-state index in [9.17, 15) is 0 Å². The van der Waals surface area contributed by atoms with Crippen LogP contribution in [0.5, 0.6) is 5.88 Å². The lowest BCUT2D eigenvalue weighted by Gasteiger charge is -2.11. The van der Waals surface area contributed by atoms with Gasteiger partial charge in [0, 0.05) is 19.7 Å². The molecule has 0 spiro atoms. The fraction of sp³-hybridized carbons (Fsp3) is 0.545. The Kier molecular flexibility index (Phi) is 4.67. The molecular formula is C11H17N3O2. The second-order valence-electron chi connectivity index (χ2n) is 3.39. The molecule has 5 heteroatoms. The van der Waals surface area contributed by atoms with Gasteiger partial charge in [0.2, 0.25) is 5.88 Å². The van der Waals surface area contributed by atoms with E-state index < -0.39 is 0 Å². The molecule has 0 unspecified atom stereocenters. The molecule has 0 saturated carbocycles. The van der Waals surface area contributed by atoms with Gasteiger partial charge in [-0.05, 0) is 6.42 Å². The number of nitriles is 1. The van der Waals surface area contributed by atoms with Crippen molar-refractivity contribution in [3.63, 3.8) is 0 Å². The summed E-state index contributed by atoms with van der Waals surface area (Å²) in [6.07, 6.45) is 0.920. The molecule has 0 bridgehead atoms. The Bertz CT molecular complexity index is 379. The van der Waals surface area contributed by atoms with Crippen molar-refractivity contribution in [3.05, 3.63) is 11.8 Å². The quantitative estimate of drug-likeness (QED) is 0.739. The minimum atomic E-state index is 0.430. The summed E-state index contributed by atoms with van der Waals surface area (Å²) >= 11 is 0. The third kappa shape index (κ3) is 2.67. The molecule has 0 aliphatic carbocycles. The number of nitrogen functional groups attached to an aromatic ring is 1. The number of nitrogens with two attached hydrogens (primary N) is 1. The Labute approximate surface area is 95.4 Å². The van der Waals surface area contributed by atoms with Crippen molar-refractivity contribution in [1.82, 2.24) is 4.57 Å². The van der Waals surface area contributed by atoms with Gasteiger partial charge in [-0.3, -0.25) is 0 Å². The van der Waals surface area contributed by atoms with Crippen LogP contribution in [-0.2, 0) is 11.3 Å².